The second kappa shape index (κ2) is 7.52. The third kappa shape index (κ3) is 3.35. The van der Waals surface area contributed by atoms with E-state index < -0.39 is 0 Å². The average molecular weight is 380 g/mol. The molecule has 1 aromatic carbocycles. The zero-order valence-electron chi connectivity index (χ0n) is 15.0. The Kier molecular flexibility index (Phi) is 4.94. The third-order valence-corrected chi connectivity index (χ3v) is 5.76. The van der Waals surface area contributed by atoms with Gasteiger partial charge in [0.1, 0.15) is 5.56 Å². The maximum Gasteiger partial charge on any atom is 0.259 e. The van der Waals surface area contributed by atoms with E-state index in [-0.39, 0.29) is 17.6 Å². The van der Waals surface area contributed by atoms with E-state index in [1.807, 2.05) is 30.5 Å². The van der Waals surface area contributed by atoms with Crippen molar-refractivity contribution in [2.24, 2.45) is 5.92 Å². The first kappa shape index (κ1) is 17.7. The maximum atomic E-state index is 13.1. The molecular weight excluding hydrogens is 360 g/mol. The van der Waals surface area contributed by atoms with E-state index in [2.05, 4.69) is 10.1 Å². The molecule has 1 aliphatic heterocycles. The molecule has 3 aromatic rings. The fourth-order valence-corrected chi connectivity index (χ4v) is 4.20. The van der Waals surface area contributed by atoms with Gasteiger partial charge in [0.25, 0.3) is 5.91 Å². The molecule has 0 bridgehead atoms. The Labute approximate surface area is 161 Å². The standard InChI is InChI=1S/C20H20N4O2S/c1-27-17-8-3-2-7-15(17)18(25)14-6-4-10-23(13-14)20(26)16-12-22-24-11-5-9-21-19(16)24/h2-3,5,7-9,11-12,14H,4,6,10,13H2,1H3/t14-/m0/s1. The highest BCUT2D eigenvalue weighted by Gasteiger charge is 2.31. The van der Waals surface area contributed by atoms with Gasteiger partial charge >= 0.3 is 0 Å². The van der Waals surface area contributed by atoms with Gasteiger partial charge in [0.15, 0.2) is 11.4 Å². The molecule has 4 rings (SSSR count). The van der Waals surface area contributed by atoms with Crippen molar-refractivity contribution in [2.75, 3.05) is 19.3 Å². The van der Waals surface area contributed by atoms with Crippen LogP contribution in [0.4, 0.5) is 0 Å². The van der Waals surface area contributed by atoms with Crippen molar-refractivity contribution in [3.8, 4) is 0 Å². The van der Waals surface area contributed by atoms with E-state index in [1.165, 1.54) is 0 Å². The van der Waals surface area contributed by atoms with E-state index >= 15 is 0 Å². The predicted molar refractivity (Wildman–Crippen MR) is 104 cm³/mol. The fourth-order valence-electron chi connectivity index (χ4n) is 3.59. The highest BCUT2D eigenvalue weighted by molar-refractivity contribution is 7.98. The minimum atomic E-state index is -0.175. The van der Waals surface area contributed by atoms with Gasteiger partial charge in [-0.25, -0.2) is 9.50 Å². The first-order chi connectivity index (χ1) is 13.2. The van der Waals surface area contributed by atoms with Crippen molar-refractivity contribution >= 4 is 29.1 Å². The van der Waals surface area contributed by atoms with E-state index in [4.69, 9.17) is 0 Å². The van der Waals surface area contributed by atoms with Gasteiger partial charge in [0.05, 0.1) is 6.20 Å². The SMILES string of the molecule is CSc1ccccc1C(=O)[C@H]1CCCN(C(=O)c2cnn3cccnc23)C1. The monoisotopic (exact) mass is 380 g/mol. The molecule has 0 saturated carbocycles. The second-order valence-corrected chi connectivity index (χ2v) is 7.45. The normalized spacial score (nSPS) is 17.2. The zero-order chi connectivity index (χ0) is 18.8. The Hall–Kier alpha value is -2.67. The number of nitrogens with zero attached hydrogens (tertiary/aromatic N) is 4. The molecular formula is C20H20N4O2S. The lowest BCUT2D eigenvalue weighted by atomic mass is 9.89. The number of carbonyl (C=O) groups is 2. The molecule has 6 nitrogen and oxygen atoms in total. The summed E-state index contributed by atoms with van der Waals surface area (Å²) in [6, 6.07) is 9.45. The summed E-state index contributed by atoms with van der Waals surface area (Å²) in [5.41, 5.74) is 1.78. The third-order valence-electron chi connectivity index (χ3n) is 4.96. The predicted octanol–water partition coefficient (Wildman–Crippen LogP) is 3.19. The van der Waals surface area contributed by atoms with Crippen LogP contribution in [0, 0.1) is 5.92 Å². The lowest BCUT2D eigenvalue weighted by Crippen LogP contribution is -2.42. The summed E-state index contributed by atoms with van der Waals surface area (Å²) in [4.78, 5) is 33.1. The first-order valence-electron chi connectivity index (χ1n) is 8.94. The number of likely N-dealkylation sites (tertiary alicyclic amines) is 1. The average Bonchev–Trinajstić information content (AvgIpc) is 3.17. The number of piperidine rings is 1. The molecule has 1 atom stereocenters. The molecule has 0 N–H and O–H groups in total. The van der Waals surface area contributed by atoms with Crippen molar-refractivity contribution in [3.63, 3.8) is 0 Å². The van der Waals surface area contributed by atoms with Crippen LogP contribution in [0.3, 0.4) is 0 Å². The summed E-state index contributed by atoms with van der Waals surface area (Å²) < 4.78 is 1.59. The van der Waals surface area contributed by atoms with Crippen LogP contribution in [0.5, 0.6) is 0 Å². The molecule has 27 heavy (non-hydrogen) atoms. The molecule has 1 fully saturated rings. The van der Waals surface area contributed by atoms with E-state index in [9.17, 15) is 9.59 Å². The lowest BCUT2D eigenvalue weighted by molar-refractivity contribution is 0.0637. The van der Waals surface area contributed by atoms with Crippen molar-refractivity contribution < 1.29 is 9.59 Å². The van der Waals surface area contributed by atoms with E-state index in [1.54, 1.807) is 45.8 Å². The Morgan fingerprint density at radius 3 is 2.89 bits per heavy atom. The van der Waals surface area contributed by atoms with Gasteiger partial charge in [-0.2, -0.15) is 5.10 Å². The number of ketones is 1. The summed E-state index contributed by atoms with van der Waals surface area (Å²) >= 11 is 1.57. The smallest absolute Gasteiger partial charge is 0.259 e. The van der Waals surface area contributed by atoms with Crippen LogP contribution < -0.4 is 0 Å². The van der Waals surface area contributed by atoms with Crippen molar-refractivity contribution in [1.82, 2.24) is 19.5 Å². The van der Waals surface area contributed by atoms with E-state index in [0.29, 0.717) is 24.3 Å². The number of aromatic nitrogens is 3. The zero-order valence-corrected chi connectivity index (χ0v) is 15.9. The number of carbonyl (C=O) groups excluding carboxylic acids is 2. The van der Waals surface area contributed by atoms with Gasteiger partial charge in [-0.05, 0) is 31.2 Å². The summed E-state index contributed by atoms with van der Waals surface area (Å²) in [7, 11) is 0. The van der Waals surface area contributed by atoms with Crippen molar-refractivity contribution in [2.45, 2.75) is 17.7 Å². The molecule has 0 unspecified atom stereocenters. The van der Waals surface area contributed by atoms with Crippen LogP contribution in [-0.2, 0) is 0 Å². The number of Topliss-reactive ketones (excluding diaryl/α,β-unsaturated/α-hetero) is 1. The van der Waals surface area contributed by atoms with Crippen molar-refractivity contribution in [1.29, 1.82) is 0 Å². The highest BCUT2D eigenvalue weighted by atomic mass is 32.2. The topological polar surface area (TPSA) is 67.6 Å². The molecule has 1 aliphatic rings. The fraction of sp³-hybridized carbons (Fsp3) is 0.300. The van der Waals surface area contributed by atoms with Gasteiger partial charge in [-0.1, -0.05) is 18.2 Å². The van der Waals surface area contributed by atoms with Gasteiger partial charge in [0, 0.05) is 41.9 Å². The van der Waals surface area contributed by atoms with Crippen LogP contribution >= 0.6 is 11.8 Å². The molecule has 7 heteroatoms. The number of thioether (sulfide) groups is 1. The minimum absolute atomic E-state index is 0.112. The Bertz CT molecular complexity index is 1000. The molecule has 1 saturated heterocycles. The lowest BCUT2D eigenvalue weighted by Gasteiger charge is -2.32. The van der Waals surface area contributed by atoms with Gasteiger partial charge < -0.3 is 4.90 Å². The molecule has 138 valence electrons. The quantitative estimate of drug-likeness (QED) is 0.514. The number of fused-ring (bicyclic) bond motifs is 1. The van der Waals surface area contributed by atoms with Crippen molar-refractivity contribution in [3.05, 3.63) is 60.0 Å². The molecule has 3 heterocycles. The largest absolute Gasteiger partial charge is 0.338 e. The number of benzene rings is 1. The molecule has 0 spiro atoms. The Morgan fingerprint density at radius 1 is 1.19 bits per heavy atom. The van der Waals surface area contributed by atoms with Gasteiger partial charge in [-0.15, -0.1) is 11.8 Å². The van der Waals surface area contributed by atoms with Crippen LogP contribution in [0.1, 0.15) is 33.6 Å². The molecule has 2 aromatic heterocycles. The summed E-state index contributed by atoms with van der Waals surface area (Å²) in [5, 5.41) is 4.20. The molecule has 0 radical (unpaired) electrons. The van der Waals surface area contributed by atoms with Gasteiger partial charge in [0.2, 0.25) is 0 Å². The molecule has 0 aliphatic carbocycles. The highest BCUT2D eigenvalue weighted by Crippen LogP contribution is 2.27. The number of hydrogen-bond acceptors (Lipinski definition) is 5. The molecule has 1 amide bonds. The first-order valence-corrected chi connectivity index (χ1v) is 10.2. The summed E-state index contributed by atoms with van der Waals surface area (Å²) in [5.74, 6) is -0.166. The number of rotatable bonds is 4. The summed E-state index contributed by atoms with van der Waals surface area (Å²) in [6.07, 6.45) is 8.56. The van der Waals surface area contributed by atoms with Crippen LogP contribution in [-0.4, -0.2) is 50.5 Å². The second-order valence-electron chi connectivity index (χ2n) is 6.60. The van der Waals surface area contributed by atoms with Gasteiger partial charge in [-0.3, -0.25) is 9.59 Å². The van der Waals surface area contributed by atoms with E-state index in [0.717, 1.165) is 23.3 Å². The number of amides is 1. The number of hydrogen-bond donors (Lipinski definition) is 0. The van der Waals surface area contributed by atoms with Crippen LogP contribution in [0.25, 0.3) is 5.65 Å². The summed E-state index contributed by atoms with van der Waals surface area (Å²) in [6.45, 7) is 1.08. The van der Waals surface area contributed by atoms with Crippen LogP contribution in [0.2, 0.25) is 0 Å². The van der Waals surface area contributed by atoms with Crippen LogP contribution in [0.15, 0.2) is 53.8 Å². The minimum Gasteiger partial charge on any atom is -0.338 e. The Balaban J connectivity index is 1.56. The maximum absolute atomic E-state index is 13.1. The Morgan fingerprint density at radius 2 is 2.04 bits per heavy atom.